The summed E-state index contributed by atoms with van der Waals surface area (Å²) in [5.74, 6) is -0.443. The smallest absolute Gasteiger partial charge is 0.281 e. The first kappa shape index (κ1) is 11.0. The van der Waals surface area contributed by atoms with Crippen molar-refractivity contribution in [2.45, 2.75) is 12.8 Å². The molecule has 4 heteroatoms. The number of amides is 2. The van der Waals surface area contributed by atoms with Gasteiger partial charge in [0.25, 0.3) is 11.8 Å². The minimum atomic E-state index is -0.242. The maximum atomic E-state index is 12.3. The lowest BCUT2D eigenvalue weighted by Gasteiger charge is -2.20. The molecule has 1 aromatic rings. The molecule has 0 aromatic heterocycles. The summed E-state index contributed by atoms with van der Waals surface area (Å²) < 4.78 is 0. The average Bonchev–Trinajstić information content (AvgIpc) is 2.99. The van der Waals surface area contributed by atoms with E-state index in [2.05, 4.69) is 0 Å². The highest BCUT2D eigenvalue weighted by Gasteiger charge is 2.35. The second-order valence-electron chi connectivity index (χ2n) is 4.54. The zero-order valence-corrected chi connectivity index (χ0v) is 10.0. The maximum absolute atomic E-state index is 12.3. The summed E-state index contributed by atoms with van der Waals surface area (Å²) in [6.45, 7) is 1.74. The summed E-state index contributed by atoms with van der Waals surface area (Å²) in [6, 6.07) is 9.06. The predicted molar refractivity (Wildman–Crippen MR) is 67.8 cm³/mol. The molecule has 2 amide bonds. The summed E-state index contributed by atoms with van der Waals surface area (Å²) in [7, 11) is 0. The molecule has 3 rings (SSSR count). The lowest BCUT2D eigenvalue weighted by atomic mass is 10.3. The third-order valence-electron chi connectivity index (χ3n) is 3.36. The third kappa shape index (κ3) is 1.70. The quantitative estimate of drug-likeness (QED) is 0.739. The Kier molecular flexibility index (Phi) is 2.63. The number of nitrogens with zero attached hydrogens (tertiary/aromatic N) is 2. The fourth-order valence-electron chi connectivity index (χ4n) is 2.46. The van der Waals surface area contributed by atoms with Crippen LogP contribution in [0.1, 0.15) is 12.8 Å². The number of carbonyl (C=O) groups excluding carboxylic acids is 2. The number of para-hydroxylation sites is 1. The van der Waals surface area contributed by atoms with Gasteiger partial charge in [-0.1, -0.05) is 18.2 Å². The summed E-state index contributed by atoms with van der Waals surface area (Å²) in [6.07, 6.45) is 3.63. The number of benzene rings is 1. The fourth-order valence-corrected chi connectivity index (χ4v) is 2.46. The molecule has 0 radical (unpaired) electrons. The highest BCUT2D eigenvalue weighted by atomic mass is 16.2. The van der Waals surface area contributed by atoms with Crippen molar-refractivity contribution in [2.24, 2.45) is 0 Å². The van der Waals surface area contributed by atoms with Gasteiger partial charge in [-0.3, -0.25) is 9.59 Å². The summed E-state index contributed by atoms with van der Waals surface area (Å²) >= 11 is 0. The summed E-state index contributed by atoms with van der Waals surface area (Å²) in [5.41, 5.74) is 1.18. The van der Waals surface area contributed by atoms with Crippen molar-refractivity contribution in [3.63, 3.8) is 0 Å². The Morgan fingerprint density at radius 1 is 0.944 bits per heavy atom. The van der Waals surface area contributed by atoms with E-state index in [9.17, 15) is 9.59 Å². The molecule has 2 aliphatic rings. The molecular weight excluding hydrogens is 228 g/mol. The molecule has 92 valence electrons. The van der Waals surface area contributed by atoms with Crippen molar-refractivity contribution in [3.8, 4) is 0 Å². The van der Waals surface area contributed by atoms with E-state index < -0.39 is 0 Å². The van der Waals surface area contributed by atoms with E-state index in [1.807, 2.05) is 23.1 Å². The highest BCUT2D eigenvalue weighted by Crippen LogP contribution is 2.26. The lowest BCUT2D eigenvalue weighted by molar-refractivity contribution is -0.120. The van der Waals surface area contributed by atoms with Crippen molar-refractivity contribution in [2.75, 3.05) is 18.0 Å². The van der Waals surface area contributed by atoms with Crippen LogP contribution in [0.5, 0.6) is 0 Å². The molecule has 2 aliphatic heterocycles. The van der Waals surface area contributed by atoms with E-state index in [0.717, 1.165) is 25.9 Å². The molecule has 18 heavy (non-hydrogen) atoms. The Hall–Kier alpha value is -2.10. The van der Waals surface area contributed by atoms with Crippen LogP contribution in [0.3, 0.4) is 0 Å². The standard InChI is InChI=1S/C14H14N2O2/c17-13-10-12(15-8-4-5-9-15)14(18)16(13)11-6-2-1-3-7-11/h1-3,6-7,10H,4-5,8-9H2. The normalized spacial score (nSPS) is 19.7. The zero-order valence-electron chi connectivity index (χ0n) is 10.0. The van der Waals surface area contributed by atoms with Crippen LogP contribution in [0.2, 0.25) is 0 Å². The Balaban J connectivity index is 1.89. The first-order valence-electron chi connectivity index (χ1n) is 6.17. The molecule has 0 aliphatic carbocycles. The fraction of sp³-hybridized carbons (Fsp3) is 0.286. The van der Waals surface area contributed by atoms with Gasteiger partial charge >= 0.3 is 0 Å². The maximum Gasteiger partial charge on any atom is 0.281 e. The number of carbonyl (C=O) groups is 2. The number of imide groups is 1. The molecule has 0 atom stereocenters. The molecule has 1 aromatic carbocycles. The van der Waals surface area contributed by atoms with Crippen LogP contribution >= 0.6 is 0 Å². The monoisotopic (exact) mass is 242 g/mol. The van der Waals surface area contributed by atoms with Crippen LogP contribution in [-0.4, -0.2) is 29.8 Å². The lowest BCUT2D eigenvalue weighted by Crippen LogP contribution is -2.34. The molecule has 0 bridgehead atoms. The van der Waals surface area contributed by atoms with E-state index >= 15 is 0 Å². The summed E-state index contributed by atoms with van der Waals surface area (Å²) in [5, 5.41) is 0. The average molecular weight is 242 g/mol. The van der Waals surface area contributed by atoms with E-state index in [1.165, 1.54) is 11.0 Å². The SMILES string of the molecule is O=C1C=C(N2CCCC2)C(=O)N1c1ccccc1. The van der Waals surface area contributed by atoms with Gasteiger partial charge in [0.1, 0.15) is 5.70 Å². The van der Waals surface area contributed by atoms with Gasteiger partial charge in [0.15, 0.2) is 0 Å². The predicted octanol–water partition coefficient (Wildman–Crippen LogP) is 1.54. The van der Waals surface area contributed by atoms with Gasteiger partial charge < -0.3 is 4.90 Å². The van der Waals surface area contributed by atoms with Gasteiger partial charge in [-0.15, -0.1) is 0 Å². The van der Waals surface area contributed by atoms with Gasteiger partial charge in [0, 0.05) is 19.2 Å². The van der Waals surface area contributed by atoms with E-state index in [1.54, 1.807) is 12.1 Å². The van der Waals surface area contributed by atoms with E-state index in [0.29, 0.717) is 11.4 Å². The van der Waals surface area contributed by atoms with Crippen molar-refractivity contribution in [1.82, 2.24) is 4.90 Å². The van der Waals surface area contributed by atoms with E-state index in [4.69, 9.17) is 0 Å². The van der Waals surface area contributed by atoms with Crippen molar-refractivity contribution in [3.05, 3.63) is 42.1 Å². The van der Waals surface area contributed by atoms with Gasteiger partial charge in [-0.25, -0.2) is 4.90 Å². The summed E-state index contributed by atoms with van der Waals surface area (Å²) in [4.78, 5) is 27.5. The van der Waals surface area contributed by atoms with Gasteiger partial charge in [-0.2, -0.15) is 0 Å². The van der Waals surface area contributed by atoms with Crippen molar-refractivity contribution in [1.29, 1.82) is 0 Å². The van der Waals surface area contributed by atoms with Crippen molar-refractivity contribution >= 4 is 17.5 Å². The third-order valence-corrected chi connectivity index (χ3v) is 3.36. The Bertz CT molecular complexity index is 516. The number of hydrogen-bond acceptors (Lipinski definition) is 3. The number of anilines is 1. The van der Waals surface area contributed by atoms with Crippen LogP contribution in [0.4, 0.5) is 5.69 Å². The van der Waals surface area contributed by atoms with Gasteiger partial charge in [0.05, 0.1) is 5.69 Å². The molecule has 1 saturated heterocycles. The molecular formula is C14H14N2O2. The molecule has 2 heterocycles. The molecule has 0 N–H and O–H groups in total. The second-order valence-corrected chi connectivity index (χ2v) is 4.54. The van der Waals surface area contributed by atoms with Crippen LogP contribution in [0.15, 0.2) is 42.1 Å². The van der Waals surface area contributed by atoms with Gasteiger partial charge in [0.2, 0.25) is 0 Å². The van der Waals surface area contributed by atoms with Crippen LogP contribution < -0.4 is 4.90 Å². The number of likely N-dealkylation sites (tertiary alicyclic amines) is 1. The molecule has 1 fully saturated rings. The topological polar surface area (TPSA) is 40.6 Å². The Morgan fingerprint density at radius 3 is 2.28 bits per heavy atom. The minimum Gasteiger partial charge on any atom is -0.367 e. The molecule has 0 unspecified atom stereocenters. The van der Waals surface area contributed by atoms with E-state index in [-0.39, 0.29) is 11.8 Å². The van der Waals surface area contributed by atoms with Crippen LogP contribution in [0.25, 0.3) is 0 Å². The van der Waals surface area contributed by atoms with Gasteiger partial charge in [-0.05, 0) is 25.0 Å². The van der Waals surface area contributed by atoms with Crippen LogP contribution in [0, 0.1) is 0 Å². The Morgan fingerprint density at radius 2 is 1.61 bits per heavy atom. The zero-order chi connectivity index (χ0) is 12.5. The highest BCUT2D eigenvalue weighted by molar-refractivity contribution is 6.30. The largest absolute Gasteiger partial charge is 0.367 e. The van der Waals surface area contributed by atoms with Crippen molar-refractivity contribution < 1.29 is 9.59 Å². The molecule has 0 spiro atoms. The molecule has 4 nitrogen and oxygen atoms in total. The minimum absolute atomic E-state index is 0.201. The number of hydrogen-bond donors (Lipinski definition) is 0. The first-order chi connectivity index (χ1) is 8.77. The first-order valence-corrected chi connectivity index (χ1v) is 6.17. The van der Waals surface area contributed by atoms with Crippen LogP contribution in [-0.2, 0) is 9.59 Å². The second kappa shape index (κ2) is 4.29. The molecule has 0 saturated carbocycles. The number of rotatable bonds is 2. The Labute approximate surface area is 105 Å².